The van der Waals surface area contributed by atoms with Crippen LogP contribution >= 0.6 is 0 Å². The predicted octanol–water partition coefficient (Wildman–Crippen LogP) is 12.7. The van der Waals surface area contributed by atoms with Crippen molar-refractivity contribution in [2.24, 2.45) is 0 Å². The highest BCUT2D eigenvalue weighted by molar-refractivity contribution is 6.15. The molecule has 0 saturated heterocycles. The quantitative estimate of drug-likeness (QED) is 0.172. The Kier molecular flexibility index (Phi) is 7.42. The molecule has 3 aromatic heterocycles. The van der Waals surface area contributed by atoms with Gasteiger partial charge in [-0.2, -0.15) is 9.97 Å². The Labute approximate surface area is 323 Å². The lowest BCUT2D eigenvalue weighted by Crippen LogP contribution is -2.06. The number of aromatic nitrogens is 5. The van der Waals surface area contributed by atoms with E-state index in [-0.39, 0.29) is 0 Å². The molecule has 0 unspecified atom stereocenters. The Morgan fingerprint density at radius 3 is 1.39 bits per heavy atom. The smallest absolute Gasteiger partial charge is 0.238 e. The first-order valence-electron chi connectivity index (χ1n) is 18.9. The summed E-state index contributed by atoms with van der Waals surface area (Å²) in [5.41, 5.74) is 12.0. The van der Waals surface area contributed by atoms with Crippen LogP contribution in [0.25, 0.3) is 100 Å². The fourth-order valence-corrected chi connectivity index (χ4v) is 8.30. The summed E-state index contributed by atoms with van der Waals surface area (Å²) in [4.78, 5) is 15.5. The highest BCUT2D eigenvalue weighted by Gasteiger charge is 2.20. The molecule has 0 amide bonds. The topological polar surface area (TPSA) is 48.5 Å². The van der Waals surface area contributed by atoms with E-state index < -0.39 is 0 Å². The highest BCUT2D eigenvalue weighted by atomic mass is 15.2. The molecule has 0 bridgehead atoms. The van der Waals surface area contributed by atoms with Gasteiger partial charge >= 0.3 is 0 Å². The summed E-state index contributed by atoms with van der Waals surface area (Å²) in [5.74, 6) is 1.81. The molecular formula is C51H33N5. The van der Waals surface area contributed by atoms with Crippen molar-refractivity contribution in [2.45, 2.75) is 0 Å². The van der Waals surface area contributed by atoms with Crippen LogP contribution < -0.4 is 0 Å². The van der Waals surface area contributed by atoms with Gasteiger partial charge in [0, 0.05) is 38.2 Å². The van der Waals surface area contributed by atoms with E-state index in [0.717, 1.165) is 44.4 Å². The molecule has 5 heteroatoms. The van der Waals surface area contributed by atoms with Gasteiger partial charge in [0.25, 0.3) is 0 Å². The minimum atomic E-state index is 0.575. The third-order valence-corrected chi connectivity index (χ3v) is 10.8. The third-order valence-electron chi connectivity index (χ3n) is 10.8. The van der Waals surface area contributed by atoms with Crippen molar-refractivity contribution in [3.05, 3.63) is 200 Å². The molecule has 8 aromatic carbocycles. The van der Waals surface area contributed by atoms with Gasteiger partial charge in [-0.1, -0.05) is 170 Å². The van der Waals surface area contributed by atoms with E-state index in [1.807, 2.05) is 18.2 Å². The van der Waals surface area contributed by atoms with Gasteiger partial charge in [0.05, 0.1) is 27.8 Å². The van der Waals surface area contributed by atoms with E-state index in [4.69, 9.17) is 15.0 Å². The molecule has 56 heavy (non-hydrogen) atoms. The molecular weight excluding hydrogens is 683 g/mol. The number of nitrogens with zero attached hydrogens (tertiary/aromatic N) is 5. The first-order valence-corrected chi connectivity index (χ1v) is 18.9. The van der Waals surface area contributed by atoms with Crippen LogP contribution in [0, 0.1) is 0 Å². The van der Waals surface area contributed by atoms with Gasteiger partial charge in [-0.15, -0.1) is 0 Å². The second kappa shape index (κ2) is 13.0. The number of benzene rings is 8. The zero-order chi connectivity index (χ0) is 37.0. The zero-order valence-corrected chi connectivity index (χ0v) is 30.3. The second-order valence-electron chi connectivity index (χ2n) is 14.0. The van der Waals surface area contributed by atoms with Crippen molar-refractivity contribution in [3.8, 4) is 56.7 Å². The second-order valence-corrected chi connectivity index (χ2v) is 14.0. The van der Waals surface area contributed by atoms with Crippen LogP contribution in [0.4, 0.5) is 0 Å². The largest absolute Gasteiger partial charge is 0.309 e. The van der Waals surface area contributed by atoms with E-state index in [0.29, 0.717) is 17.6 Å². The summed E-state index contributed by atoms with van der Waals surface area (Å²) < 4.78 is 4.57. The van der Waals surface area contributed by atoms with E-state index >= 15 is 0 Å². The van der Waals surface area contributed by atoms with Crippen LogP contribution in [0.15, 0.2) is 200 Å². The fourth-order valence-electron chi connectivity index (χ4n) is 8.30. The molecule has 0 N–H and O–H groups in total. The summed E-state index contributed by atoms with van der Waals surface area (Å²) in [6.45, 7) is 0. The molecule has 5 nitrogen and oxygen atoms in total. The van der Waals surface area contributed by atoms with Crippen molar-refractivity contribution in [1.29, 1.82) is 0 Å². The SMILES string of the molecule is c1ccc(-c2nc(-c3ccc(-c4ccccc4-n4c5ccccc5c5ccccc54)cc3)nc(-n3c4ccccc4c4c(-c5ccccc5)cccc43)n2)cc1. The first kappa shape index (κ1) is 31.9. The number of hydrogen-bond acceptors (Lipinski definition) is 3. The van der Waals surface area contributed by atoms with Crippen LogP contribution in [0.1, 0.15) is 0 Å². The Morgan fingerprint density at radius 1 is 0.286 bits per heavy atom. The predicted molar refractivity (Wildman–Crippen MR) is 230 cm³/mol. The first-order chi connectivity index (χ1) is 27.8. The van der Waals surface area contributed by atoms with Crippen LogP contribution in [-0.2, 0) is 0 Å². The maximum absolute atomic E-state index is 5.24. The lowest BCUT2D eigenvalue weighted by molar-refractivity contribution is 0.953. The van der Waals surface area contributed by atoms with Gasteiger partial charge in [0.1, 0.15) is 0 Å². The molecule has 11 aromatic rings. The summed E-state index contributed by atoms with van der Waals surface area (Å²) in [7, 11) is 0. The van der Waals surface area contributed by atoms with Gasteiger partial charge in [-0.25, -0.2) is 4.98 Å². The van der Waals surface area contributed by atoms with Crippen molar-refractivity contribution in [1.82, 2.24) is 24.1 Å². The standard InChI is InChI=1S/C51H33N5/c1-3-16-34(17-4-1)39-24-15-29-47-48(39)42-23-10-14-28-46(42)56(47)51-53-49(36-18-5-2-6-19-36)52-50(54-51)37-32-30-35(31-33-37)38-20-7-11-25-43(38)55-44-26-12-8-21-40(44)41-22-9-13-27-45(41)55/h1-33H. The Bertz CT molecular complexity index is 3180. The molecule has 11 rings (SSSR count). The van der Waals surface area contributed by atoms with Crippen LogP contribution in [0.5, 0.6) is 0 Å². The van der Waals surface area contributed by atoms with Crippen LogP contribution in [-0.4, -0.2) is 24.1 Å². The molecule has 0 atom stereocenters. The molecule has 0 fully saturated rings. The number of fused-ring (bicyclic) bond motifs is 6. The Hall–Kier alpha value is -7.63. The average Bonchev–Trinajstić information content (AvgIpc) is 3.80. The number of hydrogen-bond donors (Lipinski definition) is 0. The van der Waals surface area contributed by atoms with Crippen molar-refractivity contribution in [3.63, 3.8) is 0 Å². The van der Waals surface area contributed by atoms with E-state index in [1.165, 1.54) is 38.3 Å². The minimum absolute atomic E-state index is 0.575. The molecule has 262 valence electrons. The van der Waals surface area contributed by atoms with Gasteiger partial charge in [0.2, 0.25) is 5.95 Å². The van der Waals surface area contributed by atoms with Gasteiger partial charge < -0.3 is 4.57 Å². The fraction of sp³-hybridized carbons (Fsp3) is 0. The number of para-hydroxylation sites is 4. The average molecular weight is 716 g/mol. The van der Waals surface area contributed by atoms with Gasteiger partial charge in [-0.05, 0) is 47.0 Å². The van der Waals surface area contributed by atoms with Crippen LogP contribution in [0.3, 0.4) is 0 Å². The highest BCUT2D eigenvalue weighted by Crippen LogP contribution is 2.39. The summed E-state index contributed by atoms with van der Waals surface area (Å²) >= 11 is 0. The monoisotopic (exact) mass is 715 g/mol. The third kappa shape index (κ3) is 5.13. The molecule has 0 radical (unpaired) electrons. The lowest BCUT2D eigenvalue weighted by atomic mass is 9.99. The molecule has 0 saturated carbocycles. The minimum Gasteiger partial charge on any atom is -0.309 e. The maximum Gasteiger partial charge on any atom is 0.238 e. The number of rotatable bonds is 6. The maximum atomic E-state index is 5.24. The summed E-state index contributed by atoms with van der Waals surface area (Å²) in [6.07, 6.45) is 0. The Balaban J connectivity index is 1.08. The van der Waals surface area contributed by atoms with Crippen molar-refractivity contribution < 1.29 is 0 Å². The molecule has 3 heterocycles. The van der Waals surface area contributed by atoms with Crippen molar-refractivity contribution >= 4 is 43.6 Å². The lowest BCUT2D eigenvalue weighted by Gasteiger charge is -2.14. The Morgan fingerprint density at radius 2 is 0.732 bits per heavy atom. The van der Waals surface area contributed by atoms with Crippen LogP contribution in [0.2, 0.25) is 0 Å². The van der Waals surface area contributed by atoms with E-state index in [1.54, 1.807) is 0 Å². The molecule has 0 spiro atoms. The van der Waals surface area contributed by atoms with E-state index in [2.05, 4.69) is 191 Å². The molecule has 0 aliphatic rings. The van der Waals surface area contributed by atoms with Gasteiger partial charge in [-0.3, -0.25) is 4.57 Å². The normalized spacial score (nSPS) is 11.6. The molecule has 0 aliphatic heterocycles. The van der Waals surface area contributed by atoms with Gasteiger partial charge in [0.15, 0.2) is 11.6 Å². The van der Waals surface area contributed by atoms with Crippen molar-refractivity contribution in [2.75, 3.05) is 0 Å². The summed E-state index contributed by atoms with van der Waals surface area (Å²) in [6, 6.07) is 70.3. The zero-order valence-electron chi connectivity index (χ0n) is 30.3. The van der Waals surface area contributed by atoms with E-state index in [9.17, 15) is 0 Å². The molecule has 0 aliphatic carbocycles. The summed E-state index contributed by atoms with van der Waals surface area (Å²) in [5, 5.41) is 4.81.